The molecule has 1 aromatic rings. The average molecular weight is 265 g/mol. The Morgan fingerprint density at radius 3 is 2.63 bits per heavy atom. The average Bonchev–Trinajstić information content (AvgIpc) is 2.36. The lowest BCUT2D eigenvalue weighted by Crippen LogP contribution is -2.24. The molecule has 0 bridgehead atoms. The second-order valence-electron chi connectivity index (χ2n) is 5.37. The fourth-order valence-electron chi connectivity index (χ4n) is 1.73. The van der Waals surface area contributed by atoms with Crippen LogP contribution in [0, 0.1) is 5.41 Å². The molecule has 0 unspecified atom stereocenters. The number of aliphatic hydroxyl groups excluding tert-OH is 1. The smallest absolute Gasteiger partial charge is 0.251 e. The van der Waals surface area contributed by atoms with Crippen molar-refractivity contribution < 1.29 is 9.90 Å². The van der Waals surface area contributed by atoms with E-state index in [1.54, 1.807) is 25.2 Å². The van der Waals surface area contributed by atoms with Gasteiger partial charge in [0.15, 0.2) is 0 Å². The van der Waals surface area contributed by atoms with Gasteiger partial charge in [0, 0.05) is 25.8 Å². The maximum atomic E-state index is 11.5. The molecular weight excluding hydrogens is 242 g/mol. The van der Waals surface area contributed by atoms with E-state index in [-0.39, 0.29) is 17.9 Å². The van der Waals surface area contributed by atoms with E-state index in [2.05, 4.69) is 24.5 Å². The number of benzene rings is 1. The molecule has 0 aliphatic rings. The summed E-state index contributed by atoms with van der Waals surface area (Å²) in [6.45, 7) is 5.02. The number of carbonyl (C=O) groups is 1. The number of anilines is 2. The minimum Gasteiger partial charge on any atom is -0.397 e. The molecule has 0 radical (unpaired) electrons. The quantitative estimate of drug-likeness (QED) is 0.586. The predicted octanol–water partition coefficient (Wildman–Crippen LogP) is 1.45. The van der Waals surface area contributed by atoms with Crippen molar-refractivity contribution in [3.8, 4) is 0 Å². The Hall–Kier alpha value is -1.75. The molecule has 5 heteroatoms. The van der Waals surface area contributed by atoms with Gasteiger partial charge in [-0.25, -0.2) is 0 Å². The minimum atomic E-state index is -0.154. The van der Waals surface area contributed by atoms with Crippen LogP contribution in [0.3, 0.4) is 0 Å². The molecule has 1 amide bonds. The summed E-state index contributed by atoms with van der Waals surface area (Å²) >= 11 is 0. The van der Waals surface area contributed by atoms with Gasteiger partial charge >= 0.3 is 0 Å². The van der Waals surface area contributed by atoms with E-state index < -0.39 is 0 Å². The molecule has 5 nitrogen and oxygen atoms in total. The summed E-state index contributed by atoms with van der Waals surface area (Å²) in [6, 6.07) is 5.19. The number of nitrogens with one attached hydrogen (secondary N) is 2. The van der Waals surface area contributed by atoms with E-state index in [1.807, 2.05) is 0 Å². The van der Waals surface area contributed by atoms with Crippen LogP contribution < -0.4 is 16.4 Å². The zero-order chi connectivity index (χ0) is 14.5. The minimum absolute atomic E-state index is 0.0132. The first-order valence-electron chi connectivity index (χ1n) is 6.36. The lowest BCUT2D eigenvalue weighted by Gasteiger charge is -2.25. The topological polar surface area (TPSA) is 87.4 Å². The molecular formula is C14H23N3O2. The Labute approximate surface area is 114 Å². The number of hydrogen-bond donors (Lipinski definition) is 4. The number of amides is 1. The highest BCUT2D eigenvalue weighted by molar-refractivity contribution is 5.95. The lowest BCUT2D eigenvalue weighted by molar-refractivity contribution is 0.0963. The zero-order valence-electron chi connectivity index (χ0n) is 11.8. The first-order chi connectivity index (χ1) is 8.89. The molecule has 19 heavy (non-hydrogen) atoms. The van der Waals surface area contributed by atoms with Gasteiger partial charge in [-0.3, -0.25) is 4.79 Å². The lowest BCUT2D eigenvalue weighted by atomic mass is 9.89. The third-order valence-corrected chi connectivity index (χ3v) is 3.09. The number of nitrogens with two attached hydrogens (primary N) is 1. The van der Waals surface area contributed by atoms with Crippen molar-refractivity contribution in [1.29, 1.82) is 0 Å². The van der Waals surface area contributed by atoms with Crippen molar-refractivity contribution in [2.75, 3.05) is 31.2 Å². The van der Waals surface area contributed by atoms with Crippen LogP contribution in [-0.2, 0) is 0 Å². The van der Waals surface area contributed by atoms with Crippen molar-refractivity contribution in [2.45, 2.75) is 20.3 Å². The fraction of sp³-hybridized carbons (Fsp3) is 0.500. The fourth-order valence-corrected chi connectivity index (χ4v) is 1.73. The number of hydrogen-bond acceptors (Lipinski definition) is 4. The van der Waals surface area contributed by atoms with Gasteiger partial charge < -0.3 is 21.5 Å². The molecule has 0 aromatic heterocycles. The summed E-state index contributed by atoms with van der Waals surface area (Å²) in [7, 11) is 1.59. The molecule has 0 spiro atoms. The Morgan fingerprint density at radius 2 is 2.11 bits per heavy atom. The molecule has 0 aliphatic carbocycles. The molecule has 0 fully saturated rings. The van der Waals surface area contributed by atoms with Crippen molar-refractivity contribution in [2.24, 2.45) is 5.41 Å². The van der Waals surface area contributed by atoms with Crippen LogP contribution in [0.1, 0.15) is 30.6 Å². The number of aliphatic hydroxyl groups is 1. The summed E-state index contributed by atoms with van der Waals surface area (Å²) in [4.78, 5) is 11.5. The molecule has 0 saturated carbocycles. The first-order valence-corrected chi connectivity index (χ1v) is 6.36. The van der Waals surface area contributed by atoms with Crippen molar-refractivity contribution in [1.82, 2.24) is 5.32 Å². The Bertz CT molecular complexity index is 444. The van der Waals surface area contributed by atoms with Gasteiger partial charge in [-0.15, -0.1) is 0 Å². The third kappa shape index (κ3) is 4.44. The van der Waals surface area contributed by atoms with Crippen LogP contribution in [-0.4, -0.2) is 31.2 Å². The molecule has 1 aromatic carbocycles. The molecule has 0 saturated heterocycles. The highest BCUT2D eigenvalue weighted by Crippen LogP contribution is 2.24. The van der Waals surface area contributed by atoms with Crippen molar-refractivity contribution in [3.05, 3.63) is 23.8 Å². The number of rotatable bonds is 6. The van der Waals surface area contributed by atoms with Gasteiger partial charge in [-0.05, 0) is 30.0 Å². The highest BCUT2D eigenvalue weighted by Gasteiger charge is 2.17. The van der Waals surface area contributed by atoms with Gasteiger partial charge in [0.25, 0.3) is 5.91 Å². The predicted molar refractivity (Wildman–Crippen MR) is 78.2 cm³/mol. The standard InChI is InChI=1S/C14H23N3O2/c1-14(2,6-7-18)9-17-12-5-4-10(8-11(12)15)13(19)16-3/h4-5,8,17-18H,6-7,9,15H2,1-3H3,(H,16,19). The third-order valence-electron chi connectivity index (χ3n) is 3.09. The van der Waals surface area contributed by atoms with Gasteiger partial charge in [-0.1, -0.05) is 13.8 Å². The van der Waals surface area contributed by atoms with Crippen molar-refractivity contribution in [3.63, 3.8) is 0 Å². The Kier molecular flexibility index (Phi) is 5.18. The molecule has 1 rings (SSSR count). The van der Waals surface area contributed by atoms with Crippen molar-refractivity contribution >= 4 is 17.3 Å². The van der Waals surface area contributed by atoms with Crippen LogP contribution >= 0.6 is 0 Å². The second kappa shape index (κ2) is 6.43. The molecule has 0 heterocycles. The van der Waals surface area contributed by atoms with Gasteiger partial charge in [0.2, 0.25) is 0 Å². The van der Waals surface area contributed by atoms with Crippen LogP contribution in [0.2, 0.25) is 0 Å². The van der Waals surface area contributed by atoms with Crippen LogP contribution in [0.25, 0.3) is 0 Å². The van der Waals surface area contributed by atoms with Crippen LogP contribution in [0.4, 0.5) is 11.4 Å². The van der Waals surface area contributed by atoms with E-state index >= 15 is 0 Å². The highest BCUT2D eigenvalue weighted by atomic mass is 16.3. The Morgan fingerprint density at radius 1 is 1.42 bits per heavy atom. The van der Waals surface area contributed by atoms with Crippen LogP contribution in [0.5, 0.6) is 0 Å². The zero-order valence-corrected chi connectivity index (χ0v) is 11.8. The van der Waals surface area contributed by atoms with E-state index in [0.717, 1.165) is 12.1 Å². The molecule has 5 N–H and O–H groups in total. The van der Waals surface area contributed by atoms with Gasteiger partial charge in [0.1, 0.15) is 0 Å². The number of carbonyl (C=O) groups excluding carboxylic acids is 1. The van der Waals surface area contributed by atoms with Crippen LogP contribution in [0.15, 0.2) is 18.2 Å². The maximum Gasteiger partial charge on any atom is 0.251 e. The van der Waals surface area contributed by atoms with E-state index in [1.165, 1.54) is 0 Å². The number of nitrogen functional groups attached to an aromatic ring is 1. The van der Waals surface area contributed by atoms with E-state index in [9.17, 15) is 4.79 Å². The second-order valence-corrected chi connectivity index (χ2v) is 5.37. The van der Waals surface area contributed by atoms with E-state index in [0.29, 0.717) is 17.8 Å². The summed E-state index contributed by atoms with van der Waals surface area (Å²) in [5.74, 6) is -0.154. The molecule has 106 valence electrons. The normalized spacial score (nSPS) is 11.2. The maximum absolute atomic E-state index is 11.5. The summed E-state index contributed by atoms with van der Waals surface area (Å²) < 4.78 is 0. The monoisotopic (exact) mass is 265 g/mol. The van der Waals surface area contributed by atoms with E-state index in [4.69, 9.17) is 10.8 Å². The SMILES string of the molecule is CNC(=O)c1ccc(NCC(C)(C)CCO)c(N)c1. The first kappa shape index (κ1) is 15.3. The summed E-state index contributed by atoms with van der Waals surface area (Å²) in [5.41, 5.74) is 7.80. The van der Waals surface area contributed by atoms with Gasteiger partial charge in [0.05, 0.1) is 11.4 Å². The molecule has 0 atom stereocenters. The molecule has 0 aliphatic heterocycles. The summed E-state index contributed by atoms with van der Waals surface area (Å²) in [6.07, 6.45) is 0.718. The largest absolute Gasteiger partial charge is 0.397 e. The van der Waals surface area contributed by atoms with Gasteiger partial charge in [-0.2, -0.15) is 0 Å². The summed E-state index contributed by atoms with van der Waals surface area (Å²) in [5, 5.41) is 14.8. The Balaban J connectivity index is 2.73.